The molecule has 0 aliphatic heterocycles. The molecule has 0 aromatic rings. The standard InChI is InChI=1S/C7H9FO2S/c1-11(9,10)7-4-2-3-6(8)5-7/h2-4,6H,5H2,1H3. The predicted molar refractivity (Wildman–Crippen MR) is 41.6 cm³/mol. The molecule has 0 aromatic carbocycles. The Morgan fingerprint density at radius 3 is 2.64 bits per heavy atom. The fourth-order valence-corrected chi connectivity index (χ4v) is 1.67. The highest BCUT2D eigenvalue weighted by molar-refractivity contribution is 7.94. The Kier molecular flexibility index (Phi) is 2.13. The lowest BCUT2D eigenvalue weighted by Crippen LogP contribution is -2.09. The van der Waals surface area contributed by atoms with Crippen LogP contribution in [-0.4, -0.2) is 20.8 Å². The second-order valence-electron chi connectivity index (χ2n) is 2.51. The predicted octanol–water partition coefficient (Wildman–Crippen LogP) is 1.21. The van der Waals surface area contributed by atoms with Gasteiger partial charge in [0.25, 0.3) is 0 Å². The summed E-state index contributed by atoms with van der Waals surface area (Å²) in [4.78, 5) is 0.174. The summed E-state index contributed by atoms with van der Waals surface area (Å²) in [6.07, 6.45) is 4.13. The van der Waals surface area contributed by atoms with Crippen LogP contribution in [0.2, 0.25) is 0 Å². The molecule has 0 radical (unpaired) electrons. The van der Waals surface area contributed by atoms with Gasteiger partial charge in [-0.3, -0.25) is 0 Å². The number of sulfone groups is 1. The van der Waals surface area contributed by atoms with Crippen molar-refractivity contribution in [3.05, 3.63) is 23.1 Å². The van der Waals surface area contributed by atoms with Crippen LogP contribution in [0.3, 0.4) is 0 Å². The normalized spacial score (nSPS) is 24.9. The van der Waals surface area contributed by atoms with Crippen LogP contribution < -0.4 is 0 Å². The van der Waals surface area contributed by atoms with Crippen LogP contribution >= 0.6 is 0 Å². The van der Waals surface area contributed by atoms with Crippen molar-refractivity contribution in [2.45, 2.75) is 12.6 Å². The third-order valence-electron chi connectivity index (χ3n) is 1.47. The van der Waals surface area contributed by atoms with Gasteiger partial charge in [-0.1, -0.05) is 12.2 Å². The first-order chi connectivity index (χ1) is 5.00. The van der Waals surface area contributed by atoms with Crippen molar-refractivity contribution in [1.29, 1.82) is 0 Å². The van der Waals surface area contributed by atoms with E-state index in [0.717, 1.165) is 6.26 Å². The molecule has 0 fully saturated rings. The second-order valence-corrected chi connectivity index (χ2v) is 4.58. The zero-order valence-electron chi connectivity index (χ0n) is 6.12. The molecule has 0 N–H and O–H groups in total. The average molecular weight is 176 g/mol. The van der Waals surface area contributed by atoms with E-state index < -0.39 is 16.0 Å². The van der Waals surface area contributed by atoms with Crippen molar-refractivity contribution >= 4 is 9.84 Å². The van der Waals surface area contributed by atoms with Gasteiger partial charge in [-0.2, -0.15) is 0 Å². The molecule has 0 saturated heterocycles. The molecule has 1 rings (SSSR count). The number of allylic oxidation sites excluding steroid dienone is 4. The minimum absolute atomic E-state index is 0.0185. The van der Waals surface area contributed by atoms with Gasteiger partial charge in [0, 0.05) is 17.6 Å². The summed E-state index contributed by atoms with van der Waals surface area (Å²) in [6, 6.07) is 0. The van der Waals surface area contributed by atoms with E-state index in [1.165, 1.54) is 18.2 Å². The number of hydrogen-bond acceptors (Lipinski definition) is 2. The molecule has 0 amide bonds. The molecule has 0 bridgehead atoms. The summed E-state index contributed by atoms with van der Waals surface area (Å²) in [7, 11) is -3.19. The number of hydrogen-bond donors (Lipinski definition) is 0. The van der Waals surface area contributed by atoms with Gasteiger partial charge in [0.2, 0.25) is 0 Å². The van der Waals surface area contributed by atoms with Gasteiger partial charge >= 0.3 is 0 Å². The SMILES string of the molecule is CS(=O)(=O)C1=CC=CC(F)C1. The summed E-state index contributed by atoms with van der Waals surface area (Å²) in [5.41, 5.74) is 0. The lowest BCUT2D eigenvalue weighted by atomic mass is 10.2. The Bertz CT molecular complexity index is 300. The summed E-state index contributed by atoms with van der Waals surface area (Å²) >= 11 is 0. The van der Waals surface area contributed by atoms with Gasteiger partial charge in [0.1, 0.15) is 6.17 Å². The fraction of sp³-hybridized carbons (Fsp3) is 0.429. The summed E-state index contributed by atoms with van der Waals surface area (Å²) in [5, 5.41) is 0. The van der Waals surface area contributed by atoms with Gasteiger partial charge in [0.05, 0.1) is 0 Å². The van der Waals surface area contributed by atoms with E-state index in [4.69, 9.17) is 0 Å². The minimum atomic E-state index is -3.19. The third kappa shape index (κ3) is 2.15. The zero-order chi connectivity index (χ0) is 8.48. The first-order valence-corrected chi connectivity index (χ1v) is 5.11. The van der Waals surface area contributed by atoms with Crippen molar-refractivity contribution < 1.29 is 12.8 Å². The number of rotatable bonds is 1. The molecule has 0 heterocycles. The largest absolute Gasteiger partial charge is 0.243 e. The van der Waals surface area contributed by atoms with Gasteiger partial charge in [-0.05, 0) is 6.08 Å². The van der Waals surface area contributed by atoms with E-state index in [2.05, 4.69) is 0 Å². The van der Waals surface area contributed by atoms with Crippen LogP contribution in [-0.2, 0) is 9.84 Å². The van der Waals surface area contributed by atoms with Crippen molar-refractivity contribution in [2.75, 3.05) is 6.26 Å². The van der Waals surface area contributed by atoms with Crippen LogP contribution in [0.4, 0.5) is 4.39 Å². The first kappa shape index (κ1) is 8.46. The monoisotopic (exact) mass is 176 g/mol. The maximum atomic E-state index is 12.6. The van der Waals surface area contributed by atoms with E-state index in [0.29, 0.717) is 0 Å². The van der Waals surface area contributed by atoms with E-state index in [1.54, 1.807) is 0 Å². The Morgan fingerprint density at radius 1 is 1.64 bits per heavy atom. The molecule has 2 nitrogen and oxygen atoms in total. The minimum Gasteiger partial charge on any atom is -0.243 e. The van der Waals surface area contributed by atoms with Crippen LogP contribution in [0.1, 0.15) is 6.42 Å². The fourth-order valence-electron chi connectivity index (χ4n) is 0.887. The molecule has 0 spiro atoms. The van der Waals surface area contributed by atoms with E-state index in [1.807, 2.05) is 0 Å². The highest BCUT2D eigenvalue weighted by Crippen LogP contribution is 2.19. The molecule has 1 unspecified atom stereocenters. The highest BCUT2D eigenvalue weighted by atomic mass is 32.2. The molecule has 1 aliphatic rings. The lowest BCUT2D eigenvalue weighted by Gasteiger charge is -2.09. The summed E-state index contributed by atoms with van der Waals surface area (Å²) in [6.45, 7) is 0. The molecular weight excluding hydrogens is 167 g/mol. The summed E-state index contributed by atoms with van der Waals surface area (Å²) in [5.74, 6) is 0. The van der Waals surface area contributed by atoms with Gasteiger partial charge < -0.3 is 0 Å². The Balaban J connectivity index is 2.92. The van der Waals surface area contributed by atoms with Gasteiger partial charge in [-0.15, -0.1) is 0 Å². The molecule has 1 aliphatic carbocycles. The molecule has 11 heavy (non-hydrogen) atoms. The Morgan fingerprint density at radius 2 is 2.27 bits per heavy atom. The topological polar surface area (TPSA) is 34.1 Å². The van der Waals surface area contributed by atoms with Crippen LogP contribution in [0, 0.1) is 0 Å². The second kappa shape index (κ2) is 2.77. The van der Waals surface area contributed by atoms with Gasteiger partial charge in [-0.25, -0.2) is 12.8 Å². The van der Waals surface area contributed by atoms with Crippen molar-refractivity contribution in [1.82, 2.24) is 0 Å². The highest BCUT2D eigenvalue weighted by Gasteiger charge is 2.17. The molecule has 62 valence electrons. The van der Waals surface area contributed by atoms with Crippen molar-refractivity contribution in [2.24, 2.45) is 0 Å². The van der Waals surface area contributed by atoms with Crippen molar-refractivity contribution in [3.8, 4) is 0 Å². The maximum Gasteiger partial charge on any atom is 0.171 e. The number of alkyl halides is 1. The maximum absolute atomic E-state index is 12.6. The molecule has 0 saturated carbocycles. The van der Waals surface area contributed by atoms with E-state index in [-0.39, 0.29) is 11.3 Å². The van der Waals surface area contributed by atoms with Crippen LogP contribution in [0.25, 0.3) is 0 Å². The Hall–Kier alpha value is -0.640. The molecular formula is C7H9FO2S. The quantitative estimate of drug-likeness (QED) is 0.602. The molecule has 0 aromatic heterocycles. The Labute approximate surface area is 65.3 Å². The van der Waals surface area contributed by atoms with Crippen LogP contribution in [0.15, 0.2) is 23.1 Å². The summed E-state index contributed by atoms with van der Waals surface area (Å²) < 4.78 is 34.3. The van der Waals surface area contributed by atoms with Crippen molar-refractivity contribution in [3.63, 3.8) is 0 Å². The van der Waals surface area contributed by atoms with E-state index >= 15 is 0 Å². The zero-order valence-corrected chi connectivity index (χ0v) is 6.94. The van der Waals surface area contributed by atoms with Gasteiger partial charge in [0.15, 0.2) is 9.84 Å². The number of halogens is 1. The first-order valence-electron chi connectivity index (χ1n) is 3.21. The third-order valence-corrected chi connectivity index (χ3v) is 2.73. The molecule has 1 atom stereocenters. The molecule has 4 heteroatoms. The smallest absolute Gasteiger partial charge is 0.171 e. The average Bonchev–Trinajstić information content (AvgIpc) is 1.86. The lowest BCUT2D eigenvalue weighted by molar-refractivity contribution is 0.398. The van der Waals surface area contributed by atoms with Crippen LogP contribution in [0.5, 0.6) is 0 Å². The van der Waals surface area contributed by atoms with E-state index in [9.17, 15) is 12.8 Å².